The molecule has 0 radical (unpaired) electrons. The van der Waals surface area contributed by atoms with Crippen molar-refractivity contribution in [3.05, 3.63) is 64.7 Å². The van der Waals surface area contributed by atoms with Crippen molar-refractivity contribution in [3.8, 4) is 0 Å². The van der Waals surface area contributed by atoms with Crippen molar-refractivity contribution in [2.24, 2.45) is 0 Å². The number of amides is 1. The van der Waals surface area contributed by atoms with Gasteiger partial charge in [-0.15, -0.1) is 0 Å². The lowest BCUT2D eigenvalue weighted by Gasteiger charge is -2.20. The molecule has 24 heavy (non-hydrogen) atoms. The van der Waals surface area contributed by atoms with Gasteiger partial charge in [0, 0.05) is 23.4 Å². The van der Waals surface area contributed by atoms with Crippen LogP contribution in [0.2, 0.25) is 5.02 Å². The highest BCUT2D eigenvalue weighted by molar-refractivity contribution is 6.31. The summed E-state index contributed by atoms with van der Waals surface area (Å²) in [6.07, 6.45) is 0. The quantitative estimate of drug-likeness (QED) is 0.809. The van der Waals surface area contributed by atoms with Crippen LogP contribution in [-0.2, 0) is 9.53 Å². The fraction of sp³-hybridized carbons (Fsp3) is 0.316. The van der Waals surface area contributed by atoms with Gasteiger partial charge in [-0.3, -0.25) is 4.79 Å². The number of ether oxygens (including phenoxy) is 1. The smallest absolute Gasteiger partial charge is 0.287 e. The number of aryl methyl sites for hydroxylation is 1. The average Bonchev–Trinajstić information content (AvgIpc) is 2.57. The van der Waals surface area contributed by atoms with Gasteiger partial charge in [-0.25, -0.2) is 0 Å². The van der Waals surface area contributed by atoms with Crippen molar-refractivity contribution >= 4 is 23.2 Å². The van der Waals surface area contributed by atoms with E-state index in [1.165, 1.54) is 0 Å². The van der Waals surface area contributed by atoms with E-state index in [2.05, 4.69) is 5.32 Å². The number of anilines is 1. The summed E-state index contributed by atoms with van der Waals surface area (Å²) in [6.45, 7) is 4.54. The maximum atomic E-state index is 12.8. The van der Waals surface area contributed by atoms with Crippen molar-refractivity contribution in [2.45, 2.75) is 25.9 Å². The number of rotatable bonds is 7. The Bertz CT molecular complexity index is 676. The second-order valence-corrected chi connectivity index (χ2v) is 6.37. The van der Waals surface area contributed by atoms with Crippen LogP contribution in [0.3, 0.4) is 0 Å². The number of nitrogens with two attached hydrogens (primary N) is 1. The van der Waals surface area contributed by atoms with Crippen LogP contribution >= 0.6 is 11.6 Å². The topological polar surface area (TPSA) is 54.9 Å². The number of hydrogen-bond acceptors (Lipinski definition) is 2. The SMILES string of the molecule is COC[C@H](C)[NH2+][C@@H](C(=O)Nc1ccc(C)c(Cl)c1)c1ccccc1. The molecule has 4 nitrogen and oxygen atoms in total. The standard InChI is InChI=1S/C19H23ClN2O2/c1-13-9-10-16(11-17(13)20)22-19(23)18(21-14(2)12-24-3)15-7-5-4-6-8-15/h4-11,14,18,21H,12H2,1-3H3,(H,22,23)/p+1/t14-,18+/m0/s1. The number of halogens is 1. The minimum Gasteiger partial charge on any atom is -0.379 e. The van der Waals surface area contributed by atoms with Gasteiger partial charge in [0.1, 0.15) is 6.04 Å². The van der Waals surface area contributed by atoms with E-state index >= 15 is 0 Å². The number of quaternary nitrogens is 1. The lowest BCUT2D eigenvalue weighted by atomic mass is 10.0. The summed E-state index contributed by atoms with van der Waals surface area (Å²) in [5.41, 5.74) is 2.63. The fourth-order valence-corrected chi connectivity index (χ4v) is 2.73. The Morgan fingerprint density at radius 2 is 1.96 bits per heavy atom. The Morgan fingerprint density at radius 1 is 1.25 bits per heavy atom. The maximum absolute atomic E-state index is 12.8. The molecule has 2 atom stereocenters. The predicted molar refractivity (Wildman–Crippen MR) is 97.3 cm³/mol. The zero-order valence-corrected chi connectivity index (χ0v) is 15.0. The molecular formula is C19H24ClN2O2+. The fourth-order valence-electron chi connectivity index (χ4n) is 2.55. The summed E-state index contributed by atoms with van der Waals surface area (Å²) in [5, 5.41) is 5.62. The lowest BCUT2D eigenvalue weighted by molar-refractivity contribution is -0.713. The molecule has 0 saturated heterocycles. The summed E-state index contributed by atoms with van der Waals surface area (Å²) in [6, 6.07) is 15.1. The zero-order chi connectivity index (χ0) is 17.5. The number of carbonyl (C=O) groups excluding carboxylic acids is 1. The van der Waals surface area contributed by atoms with Crippen LogP contribution in [0.5, 0.6) is 0 Å². The minimum absolute atomic E-state index is 0.0796. The first-order valence-corrected chi connectivity index (χ1v) is 8.35. The van der Waals surface area contributed by atoms with Crippen molar-refractivity contribution in [1.29, 1.82) is 0 Å². The maximum Gasteiger partial charge on any atom is 0.287 e. The van der Waals surface area contributed by atoms with E-state index in [0.717, 1.165) is 11.1 Å². The van der Waals surface area contributed by atoms with Crippen LogP contribution in [0.1, 0.15) is 24.1 Å². The molecule has 0 aromatic heterocycles. The van der Waals surface area contributed by atoms with Gasteiger partial charge in [-0.1, -0.05) is 48.0 Å². The summed E-state index contributed by atoms with van der Waals surface area (Å²) >= 11 is 6.14. The Hall–Kier alpha value is -1.88. The average molecular weight is 348 g/mol. The molecule has 0 bridgehead atoms. The van der Waals surface area contributed by atoms with Gasteiger partial charge in [0.2, 0.25) is 0 Å². The molecule has 2 rings (SSSR count). The number of carbonyl (C=O) groups is 1. The van der Waals surface area contributed by atoms with E-state index in [4.69, 9.17) is 16.3 Å². The predicted octanol–water partition coefficient (Wildman–Crippen LogP) is 2.93. The molecular weight excluding hydrogens is 324 g/mol. The first kappa shape index (κ1) is 18.5. The summed E-state index contributed by atoms with van der Waals surface area (Å²) in [5.74, 6) is -0.0796. The molecule has 2 aromatic rings. The molecule has 0 spiro atoms. The molecule has 2 aromatic carbocycles. The molecule has 0 fully saturated rings. The molecule has 5 heteroatoms. The van der Waals surface area contributed by atoms with E-state index in [1.807, 2.05) is 61.6 Å². The second-order valence-electron chi connectivity index (χ2n) is 5.97. The third kappa shape index (κ3) is 5.06. The summed E-state index contributed by atoms with van der Waals surface area (Å²) < 4.78 is 5.19. The van der Waals surface area contributed by atoms with Crippen molar-refractivity contribution in [2.75, 3.05) is 19.0 Å². The molecule has 0 unspecified atom stereocenters. The third-order valence-electron chi connectivity index (χ3n) is 3.83. The van der Waals surface area contributed by atoms with E-state index in [1.54, 1.807) is 13.2 Å². The van der Waals surface area contributed by atoms with Gasteiger partial charge in [0.05, 0.1) is 6.61 Å². The Kier molecular flexibility index (Phi) is 6.79. The minimum atomic E-state index is -0.351. The summed E-state index contributed by atoms with van der Waals surface area (Å²) in [4.78, 5) is 12.8. The van der Waals surface area contributed by atoms with Crippen LogP contribution in [0.4, 0.5) is 5.69 Å². The highest BCUT2D eigenvalue weighted by Gasteiger charge is 2.26. The first-order valence-electron chi connectivity index (χ1n) is 7.97. The van der Waals surface area contributed by atoms with Crippen molar-refractivity contribution < 1.29 is 14.8 Å². The van der Waals surface area contributed by atoms with Gasteiger partial charge in [-0.2, -0.15) is 0 Å². The van der Waals surface area contributed by atoms with Crippen molar-refractivity contribution in [1.82, 2.24) is 0 Å². The molecule has 0 heterocycles. The largest absolute Gasteiger partial charge is 0.379 e. The third-order valence-corrected chi connectivity index (χ3v) is 4.24. The van der Waals surface area contributed by atoms with E-state index in [9.17, 15) is 4.79 Å². The highest BCUT2D eigenvalue weighted by atomic mass is 35.5. The molecule has 0 aliphatic rings. The van der Waals surface area contributed by atoms with Gasteiger partial charge in [0.15, 0.2) is 6.04 Å². The summed E-state index contributed by atoms with van der Waals surface area (Å²) in [7, 11) is 1.66. The highest BCUT2D eigenvalue weighted by Crippen LogP contribution is 2.21. The Labute approximate surface area is 148 Å². The van der Waals surface area contributed by atoms with Crippen molar-refractivity contribution in [3.63, 3.8) is 0 Å². The van der Waals surface area contributed by atoms with Gasteiger partial charge >= 0.3 is 0 Å². The molecule has 0 aliphatic heterocycles. The van der Waals surface area contributed by atoms with Crippen LogP contribution in [-0.4, -0.2) is 25.7 Å². The normalized spacial score (nSPS) is 13.3. The molecule has 0 saturated carbocycles. The van der Waals surface area contributed by atoms with Crippen LogP contribution in [0.25, 0.3) is 0 Å². The van der Waals surface area contributed by atoms with E-state index in [-0.39, 0.29) is 18.0 Å². The monoisotopic (exact) mass is 347 g/mol. The van der Waals surface area contributed by atoms with Gasteiger partial charge < -0.3 is 15.4 Å². The van der Waals surface area contributed by atoms with Gasteiger partial charge in [0.25, 0.3) is 5.91 Å². The molecule has 3 N–H and O–H groups in total. The number of methoxy groups -OCH3 is 1. The van der Waals surface area contributed by atoms with Gasteiger partial charge in [-0.05, 0) is 31.5 Å². The first-order chi connectivity index (χ1) is 11.5. The number of hydrogen-bond donors (Lipinski definition) is 2. The van der Waals surface area contributed by atoms with Crippen LogP contribution < -0.4 is 10.6 Å². The zero-order valence-electron chi connectivity index (χ0n) is 14.3. The molecule has 0 aliphatic carbocycles. The Balaban J connectivity index is 2.18. The molecule has 128 valence electrons. The van der Waals surface area contributed by atoms with E-state index < -0.39 is 0 Å². The number of nitrogens with one attached hydrogen (secondary N) is 1. The molecule has 1 amide bonds. The second kappa shape index (κ2) is 8.83. The van der Waals surface area contributed by atoms with Crippen LogP contribution in [0.15, 0.2) is 48.5 Å². The van der Waals surface area contributed by atoms with E-state index in [0.29, 0.717) is 17.3 Å². The Morgan fingerprint density at radius 3 is 2.58 bits per heavy atom. The lowest BCUT2D eigenvalue weighted by Crippen LogP contribution is -2.92. The van der Waals surface area contributed by atoms with Crippen LogP contribution in [0, 0.1) is 6.92 Å². The number of benzene rings is 2.